The number of carbonyl (C=O) groups excluding carboxylic acids is 2. The van der Waals surface area contributed by atoms with Gasteiger partial charge in [-0.15, -0.1) is 0 Å². The van der Waals surface area contributed by atoms with Crippen LogP contribution in [0.1, 0.15) is 30.9 Å². The second-order valence-corrected chi connectivity index (χ2v) is 6.40. The Balaban J connectivity index is 1.82. The van der Waals surface area contributed by atoms with Crippen molar-refractivity contribution in [3.63, 3.8) is 0 Å². The van der Waals surface area contributed by atoms with E-state index >= 15 is 0 Å². The zero-order valence-corrected chi connectivity index (χ0v) is 17.1. The predicted molar refractivity (Wildman–Crippen MR) is 113 cm³/mol. The van der Waals surface area contributed by atoms with E-state index in [1.807, 2.05) is 24.3 Å². The van der Waals surface area contributed by atoms with Crippen molar-refractivity contribution < 1.29 is 23.8 Å². The molecule has 6 nitrogen and oxygen atoms in total. The second kappa shape index (κ2) is 11.5. The van der Waals surface area contributed by atoms with E-state index in [2.05, 4.69) is 12.2 Å². The van der Waals surface area contributed by atoms with Crippen molar-refractivity contribution in [3.05, 3.63) is 59.7 Å². The fraction of sp³-hybridized carbons (Fsp3) is 0.304. The van der Waals surface area contributed by atoms with Gasteiger partial charge in [0.1, 0.15) is 11.5 Å². The Morgan fingerprint density at radius 1 is 1.03 bits per heavy atom. The molecule has 0 saturated carbocycles. The lowest BCUT2D eigenvalue weighted by atomic mass is 10.1. The summed E-state index contributed by atoms with van der Waals surface area (Å²) in [6, 6.07) is 12.9. The standard InChI is InChI=1S/C23H27NO5/c1-4-5-6-17-7-11-19(12-8-17)24-22(25)16-29-23(26)14-10-18-9-13-20(27-2)15-21(18)28-3/h7-15H,4-6,16H2,1-3H3,(H,24,25)/b14-10+. The SMILES string of the molecule is CCCCc1ccc(NC(=O)COC(=O)/C=C/c2ccc(OC)cc2OC)cc1. The molecule has 0 aliphatic heterocycles. The van der Waals surface area contributed by atoms with Gasteiger partial charge >= 0.3 is 5.97 Å². The van der Waals surface area contributed by atoms with Gasteiger partial charge in [-0.25, -0.2) is 4.79 Å². The Labute approximate surface area is 171 Å². The number of ether oxygens (including phenoxy) is 3. The van der Waals surface area contributed by atoms with Gasteiger partial charge in [0.05, 0.1) is 14.2 Å². The molecule has 2 rings (SSSR count). The first-order chi connectivity index (χ1) is 14.0. The molecule has 1 amide bonds. The van der Waals surface area contributed by atoms with E-state index in [9.17, 15) is 9.59 Å². The molecule has 2 aromatic carbocycles. The summed E-state index contributed by atoms with van der Waals surface area (Å²) in [5, 5.41) is 2.71. The average molecular weight is 397 g/mol. The number of anilines is 1. The monoisotopic (exact) mass is 397 g/mol. The summed E-state index contributed by atoms with van der Waals surface area (Å²) in [7, 11) is 3.10. The maximum atomic E-state index is 12.0. The van der Waals surface area contributed by atoms with E-state index in [0.717, 1.165) is 19.3 Å². The Hall–Kier alpha value is -3.28. The third-order valence-electron chi connectivity index (χ3n) is 4.24. The molecular formula is C23H27NO5. The van der Waals surface area contributed by atoms with Crippen molar-refractivity contribution in [1.82, 2.24) is 0 Å². The summed E-state index contributed by atoms with van der Waals surface area (Å²) in [4.78, 5) is 23.9. The summed E-state index contributed by atoms with van der Waals surface area (Å²) in [5.74, 6) is 0.202. The van der Waals surface area contributed by atoms with Gasteiger partial charge in [-0.1, -0.05) is 25.5 Å². The number of hydrogen-bond acceptors (Lipinski definition) is 5. The molecule has 0 fully saturated rings. The first-order valence-corrected chi connectivity index (χ1v) is 9.51. The van der Waals surface area contributed by atoms with Crippen molar-refractivity contribution in [1.29, 1.82) is 0 Å². The molecule has 0 aliphatic carbocycles. The van der Waals surface area contributed by atoms with Crippen molar-refractivity contribution in [2.24, 2.45) is 0 Å². The number of rotatable bonds is 10. The Bertz CT molecular complexity index is 843. The molecule has 0 bridgehead atoms. The maximum Gasteiger partial charge on any atom is 0.331 e. The minimum Gasteiger partial charge on any atom is -0.497 e. The summed E-state index contributed by atoms with van der Waals surface area (Å²) in [6.07, 6.45) is 6.11. The highest BCUT2D eigenvalue weighted by atomic mass is 16.5. The van der Waals surface area contributed by atoms with Gasteiger partial charge in [0.25, 0.3) is 5.91 Å². The number of unbranched alkanes of at least 4 members (excludes halogenated alkanes) is 1. The van der Waals surface area contributed by atoms with Gasteiger partial charge in [-0.2, -0.15) is 0 Å². The predicted octanol–water partition coefficient (Wildman–Crippen LogP) is 4.24. The maximum absolute atomic E-state index is 12.0. The van der Waals surface area contributed by atoms with E-state index in [1.165, 1.54) is 18.7 Å². The van der Waals surface area contributed by atoms with Crippen molar-refractivity contribution in [2.45, 2.75) is 26.2 Å². The molecule has 0 radical (unpaired) electrons. The highest BCUT2D eigenvalue weighted by Crippen LogP contribution is 2.25. The smallest absolute Gasteiger partial charge is 0.331 e. The van der Waals surface area contributed by atoms with Crippen LogP contribution in [0.3, 0.4) is 0 Å². The fourth-order valence-electron chi connectivity index (χ4n) is 2.63. The van der Waals surface area contributed by atoms with Crippen LogP contribution in [-0.2, 0) is 20.7 Å². The van der Waals surface area contributed by atoms with Crippen LogP contribution in [0.15, 0.2) is 48.5 Å². The van der Waals surface area contributed by atoms with Crippen molar-refractivity contribution in [2.75, 3.05) is 26.1 Å². The molecule has 0 unspecified atom stereocenters. The largest absolute Gasteiger partial charge is 0.497 e. The Morgan fingerprint density at radius 3 is 2.45 bits per heavy atom. The Morgan fingerprint density at radius 2 is 1.79 bits per heavy atom. The number of methoxy groups -OCH3 is 2. The highest BCUT2D eigenvalue weighted by molar-refractivity contribution is 5.94. The van der Waals surface area contributed by atoms with Crippen LogP contribution in [0.2, 0.25) is 0 Å². The van der Waals surface area contributed by atoms with Gasteiger partial charge in [0.15, 0.2) is 6.61 Å². The number of carbonyl (C=O) groups is 2. The number of aryl methyl sites for hydroxylation is 1. The third kappa shape index (κ3) is 7.33. The van der Waals surface area contributed by atoms with Crippen LogP contribution >= 0.6 is 0 Å². The molecular weight excluding hydrogens is 370 g/mol. The number of amides is 1. The third-order valence-corrected chi connectivity index (χ3v) is 4.24. The van der Waals surface area contributed by atoms with Crippen LogP contribution in [-0.4, -0.2) is 32.7 Å². The van der Waals surface area contributed by atoms with Gasteiger partial charge in [-0.05, 0) is 48.7 Å². The van der Waals surface area contributed by atoms with Crippen LogP contribution in [0.4, 0.5) is 5.69 Å². The quantitative estimate of drug-likeness (QED) is 0.479. The van der Waals surface area contributed by atoms with Crippen molar-refractivity contribution >= 4 is 23.6 Å². The lowest BCUT2D eigenvalue weighted by Gasteiger charge is -2.08. The molecule has 154 valence electrons. The summed E-state index contributed by atoms with van der Waals surface area (Å²) in [5.41, 5.74) is 2.60. The highest BCUT2D eigenvalue weighted by Gasteiger charge is 2.07. The lowest BCUT2D eigenvalue weighted by Crippen LogP contribution is -2.20. The van der Waals surface area contributed by atoms with E-state index in [0.29, 0.717) is 22.7 Å². The molecule has 29 heavy (non-hydrogen) atoms. The number of nitrogens with one attached hydrogen (secondary N) is 1. The van der Waals surface area contributed by atoms with Crippen LogP contribution in [0.25, 0.3) is 6.08 Å². The van der Waals surface area contributed by atoms with Crippen LogP contribution < -0.4 is 14.8 Å². The van der Waals surface area contributed by atoms with Crippen LogP contribution in [0.5, 0.6) is 11.5 Å². The molecule has 0 atom stereocenters. The van der Waals surface area contributed by atoms with Gasteiger partial charge < -0.3 is 19.5 Å². The first-order valence-electron chi connectivity index (χ1n) is 9.51. The normalized spacial score (nSPS) is 10.6. The molecule has 6 heteroatoms. The minimum atomic E-state index is -0.618. The van der Waals surface area contributed by atoms with E-state index in [4.69, 9.17) is 14.2 Å². The lowest BCUT2D eigenvalue weighted by molar-refractivity contribution is -0.142. The fourth-order valence-corrected chi connectivity index (χ4v) is 2.63. The number of hydrogen-bond donors (Lipinski definition) is 1. The van der Waals surface area contributed by atoms with Gasteiger partial charge in [-0.3, -0.25) is 4.79 Å². The van der Waals surface area contributed by atoms with Crippen molar-refractivity contribution in [3.8, 4) is 11.5 Å². The van der Waals surface area contributed by atoms with E-state index in [-0.39, 0.29) is 6.61 Å². The zero-order chi connectivity index (χ0) is 21.1. The number of esters is 1. The topological polar surface area (TPSA) is 73.9 Å². The molecule has 0 aliphatic rings. The summed E-state index contributed by atoms with van der Waals surface area (Å²) in [6.45, 7) is 1.79. The Kier molecular flexibility index (Phi) is 8.76. The average Bonchev–Trinajstić information content (AvgIpc) is 2.75. The number of benzene rings is 2. The molecule has 0 aromatic heterocycles. The van der Waals surface area contributed by atoms with E-state index in [1.54, 1.807) is 31.4 Å². The van der Waals surface area contributed by atoms with Gasteiger partial charge in [0.2, 0.25) is 0 Å². The summed E-state index contributed by atoms with van der Waals surface area (Å²) < 4.78 is 15.4. The molecule has 0 spiro atoms. The molecule has 0 saturated heterocycles. The molecule has 1 N–H and O–H groups in total. The first kappa shape index (κ1) is 22.0. The second-order valence-electron chi connectivity index (χ2n) is 6.40. The minimum absolute atomic E-state index is 0.361. The van der Waals surface area contributed by atoms with Crippen LogP contribution in [0, 0.1) is 0 Å². The molecule has 2 aromatic rings. The summed E-state index contributed by atoms with van der Waals surface area (Å²) >= 11 is 0. The van der Waals surface area contributed by atoms with Gasteiger partial charge in [0, 0.05) is 23.4 Å². The van der Waals surface area contributed by atoms with E-state index < -0.39 is 11.9 Å². The molecule has 0 heterocycles. The zero-order valence-electron chi connectivity index (χ0n) is 17.1.